The van der Waals surface area contributed by atoms with Gasteiger partial charge in [-0.25, -0.2) is 9.97 Å². The fraction of sp³-hybridized carbons (Fsp3) is 0.0714. The van der Waals surface area contributed by atoms with Crippen LogP contribution in [0.4, 0.5) is 10.9 Å². The van der Waals surface area contributed by atoms with Crippen LogP contribution in [0.2, 0.25) is 0 Å². The lowest BCUT2D eigenvalue weighted by Crippen LogP contribution is -1.95. The lowest BCUT2D eigenvalue weighted by molar-refractivity contribution is 1.15. The van der Waals surface area contributed by atoms with Crippen LogP contribution < -0.4 is 5.32 Å². The molecule has 1 N–H and O–H groups in total. The van der Waals surface area contributed by atoms with Crippen molar-refractivity contribution < 1.29 is 0 Å². The molecular weight excluding hydrogens is 368 g/mol. The molecule has 2 aromatic heterocycles. The van der Waals surface area contributed by atoms with E-state index in [-0.39, 0.29) is 0 Å². The van der Waals surface area contributed by atoms with Gasteiger partial charge >= 0.3 is 0 Å². The Labute approximate surface area is 139 Å². The van der Waals surface area contributed by atoms with Crippen molar-refractivity contribution in [1.29, 1.82) is 0 Å². The maximum Gasteiger partial charge on any atom is 0.208 e. The third kappa shape index (κ3) is 3.81. The molecule has 0 saturated carbocycles. The van der Waals surface area contributed by atoms with E-state index in [2.05, 4.69) is 47.7 Å². The summed E-state index contributed by atoms with van der Waals surface area (Å²) in [6, 6.07) is 12.2. The lowest BCUT2D eigenvalue weighted by Gasteiger charge is -2.09. The number of halogens is 1. The number of anilines is 2. The van der Waals surface area contributed by atoms with Crippen LogP contribution in [0, 0.1) is 6.92 Å². The van der Waals surface area contributed by atoms with Gasteiger partial charge in [0.25, 0.3) is 0 Å². The Morgan fingerprint density at radius 2 is 2.05 bits per heavy atom. The number of nitrogens with one attached hydrogen (secondary N) is 1. The maximum atomic E-state index is 4.44. The van der Waals surface area contributed by atoms with Crippen LogP contribution in [-0.4, -0.2) is 14.3 Å². The molecule has 3 aromatic rings. The van der Waals surface area contributed by atoms with Gasteiger partial charge in [-0.15, -0.1) is 0 Å². The predicted octanol–water partition coefficient (Wildman–Crippen LogP) is 4.90. The Hall–Kier alpha value is -1.44. The summed E-state index contributed by atoms with van der Waals surface area (Å²) in [5.41, 5.74) is 0. The van der Waals surface area contributed by atoms with Gasteiger partial charge in [-0.05, 0) is 41.1 Å². The molecule has 0 aliphatic rings. The summed E-state index contributed by atoms with van der Waals surface area (Å²) in [5.74, 6) is 1.54. The smallest absolute Gasteiger partial charge is 0.208 e. The van der Waals surface area contributed by atoms with E-state index in [1.54, 1.807) is 18.0 Å². The Balaban J connectivity index is 1.89. The summed E-state index contributed by atoms with van der Waals surface area (Å²) in [4.78, 5) is 10.9. The van der Waals surface area contributed by atoms with E-state index in [1.165, 1.54) is 11.5 Å². The minimum Gasteiger partial charge on any atom is -0.314 e. The lowest BCUT2D eigenvalue weighted by atomic mass is 10.4. The van der Waals surface area contributed by atoms with Crippen molar-refractivity contribution in [2.24, 2.45) is 0 Å². The molecule has 3 rings (SSSR count). The molecule has 4 nitrogen and oxygen atoms in total. The molecule has 0 fully saturated rings. The monoisotopic (exact) mass is 378 g/mol. The van der Waals surface area contributed by atoms with Crippen LogP contribution in [0.3, 0.4) is 0 Å². The molecule has 0 saturated heterocycles. The Morgan fingerprint density at radius 1 is 1.24 bits per heavy atom. The van der Waals surface area contributed by atoms with Crippen molar-refractivity contribution in [1.82, 2.24) is 14.3 Å². The number of nitrogens with zero attached hydrogens (tertiary/aromatic N) is 3. The van der Waals surface area contributed by atoms with Crippen molar-refractivity contribution in [2.75, 3.05) is 5.32 Å². The first-order valence-electron chi connectivity index (χ1n) is 6.16. The van der Waals surface area contributed by atoms with Crippen LogP contribution in [-0.2, 0) is 0 Å². The molecule has 0 spiro atoms. The second kappa shape index (κ2) is 6.55. The number of hydrogen-bond donors (Lipinski definition) is 1. The minimum absolute atomic E-state index is 0.747. The summed E-state index contributed by atoms with van der Waals surface area (Å²) in [6.45, 7) is 1.87. The normalized spacial score (nSPS) is 10.6. The van der Waals surface area contributed by atoms with Gasteiger partial charge < -0.3 is 5.32 Å². The highest BCUT2D eigenvalue weighted by atomic mass is 79.9. The van der Waals surface area contributed by atoms with Crippen LogP contribution >= 0.6 is 39.2 Å². The van der Waals surface area contributed by atoms with Crippen molar-refractivity contribution >= 4 is 50.2 Å². The Bertz CT molecular complexity index is 746. The minimum atomic E-state index is 0.747. The third-order valence-corrected chi connectivity index (χ3v) is 4.74. The summed E-state index contributed by atoms with van der Waals surface area (Å²) < 4.78 is 5.11. The van der Waals surface area contributed by atoms with Crippen LogP contribution in [0.25, 0.3) is 0 Å². The number of pyridine rings is 1. The first-order chi connectivity index (χ1) is 10.2. The fourth-order valence-electron chi connectivity index (χ4n) is 1.66. The molecule has 0 aliphatic heterocycles. The van der Waals surface area contributed by atoms with E-state index in [0.717, 1.165) is 31.0 Å². The standard InChI is InChI=1S/C14H11BrN4S2/c1-9-17-14(21-19-9)18-13-12(7-10(15)8-16-13)20-11-5-3-2-4-6-11/h2-8H,1H3,(H,16,17,18,19). The molecule has 0 radical (unpaired) electrons. The highest BCUT2D eigenvalue weighted by Gasteiger charge is 2.09. The third-order valence-electron chi connectivity index (χ3n) is 2.54. The topological polar surface area (TPSA) is 50.7 Å². The van der Waals surface area contributed by atoms with Crippen molar-refractivity contribution in [2.45, 2.75) is 16.7 Å². The Morgan fingerprint density at radius 3 is 2.76 bits per heavy atom. The van der Waals surface area contributed by atoms with E-state index in [0.29, 0.717) is 0 Å². The zero-order valence-corrected chi connectivity index (χ0v) is 14.3. The van der Waals surface area contributed by atoms with Gasteiger partial charge in [0.2, 0.25) is 5.13 Å². The highest BCUT2D eigenvalue weighted by Crippen LogP contribution is 2.35. The van der Waals surface area contributed by atoms with Crippen molar-refractivity contribution in [3.63, 3.8) is 0 Å². The molecule has 7 heteroatoms. The first-order valence-corrected chi connectivity index (χ1v) is 8.55. The average molecular weight is 379 g/mol. The summed E-state index contributed by atoms with van der Waals surface area (Å²) in [6.07, 6.45) is 1.77. The SMILES string of the molecule is Cc1nsc(Nc2ncc(Br)cc2Sc2ccccc2)n1. The fourth-order valence-corrected chi connectivity index (χ4v) is 3.65. The zero-order chi connectivity index (χ0) is 14.7. The predicted molar refractivity (Wildman–Crippen MR) is 90.4 cm³/mol. The highest BCUT2D eigenvalue weighted by molar-refractivity contribution is 9.10. The maximum absolute atomic E-state index is 4.44. The van der Waals surface area contributed by atoms with Crippen LogP contribution in [0.15, 0.2) is 56.9 Å². The Kier molecular flexibility index (Phi) is 4.52. The molecule has 0 unspecified atom stereocenters. The van der Waals surface area contributed by atoms with E-state index in [4.69, 9.17) is 0 Å². The number of hydrogen-bond acceptors (Lipinski definition) is 6. The molecule has 2 heterocycles. The van der Waals surface area contributed by atoms with Crippen molar-refractivity contribution in [3.8, 4) is 0 Å². The second-order valence-electron chi connectivity index (χ2n) is 4.19. The molecule has 106 valence electrons. The average Bonchev–Trinajstić information content (AvgIpc) is 2.88. The van der Waals surface area contributed by atoms with Crippen LogP contribution in [0.1, 0.15) is 5.82 Å². The van der Waals surface area contributed by atoms with Gasteiger partial charge in [0.15, 0.2) is 0 Å². The summed E-state index contributed by atoms with van der Waals surface area (Å²) in [5, 5.41) is 3.98. The van der Waals surface area contributed by atoms with E-state index in [1.807, 2.05) is 31.2 Å². The van der Waals surface area contributed by atoms with Gasteiger partial charge in [-0.2, -0.15) is 4.37 Å². The molecule has 21 heavy (non-hydrogen) atoms. The largest absolute Gasteiger partial charge is 0.314 e. The van der Waals surface area contributed by atoms with Crippen LogP contribution in [0.5, 0.6) is 0 Å². The number of aromatic nitrogens is 3. The zero-order valence-electron chi connectivity index (χ0n) is 11.1. The molecular formula is C14H11BrN4S2. The molecule has 0 atom stereocenters. The summed E-state index contributed by atoms with van der Waals surface area (Å²) >= 11 is 6.46. The number of benzene rings is 1. The molecule has 0 bridgehead atoms. The van der Waals surface area contributed by atoms with Gasteiger partial charge in [0.05, 0.1) is 4.90 Å². The number of aryl methyl sites for hydroxylation is 1. The molecule has 0 aliphatic carbocycles. The van der Waals surface area contributed by atoms with E-state index < -0.39 is 0 Å². The van der Waals surface area contributed by atoms with Gasteiger partial charge in [0.1, 0.15) is 11.6 Å². The van der Waals surface area contributed by atoms with Gasteiger partial charge in [-0.3, -0.25) is 0 Å². The van der Waals surface area contributed by atoms with Gasteiger partial charge in [0, 0.05) is 27.1 Å². The first kappa shape index (κ1) is 14.5. The quantitative estimate of drug-likeness (QED) is 0.699. The van der Waals surface area contributed by atoms with Crippen molar-refractivity contribution in [3.05, 3.63) is 52.9 Å². The van der Waals surface area contributed by atoms with Gasteiger partial charge in [-0.1, -0.05) is 30.0 Å². The summed E-state index contributed by atoms with van der Waals surface area (Å²) in [7, 11) is 0. The van der Waals surface area contributed by atoms with E-state index in [9.17, 15) is 0 Å². The van der Waals surface area contributed by atoms with E-state index >= 15 is 0 Å². The number of rotatable bonds is 4. The second-order valence-corrected chi connectivity index (χ2v) is 6.97. The molecule has 1 aromatic carbocycles. The molecule has 0 amide bonds.